The summed E-state index contributed by atoms with van der Waals surface area (Å²) >= 11 is 1.63. The van der Waals surface area contributed by atoms with Crippen LogP contribution in [-0.2, 0) is 29.5 Å². The highest BCUT2D eigenvalue weighted by molar-refractivity contribution is 7.92. The zero-order valence-corrected chi connectivity index (χ0v) is 20.3. The van der Waals surface area contributed by atoms with E-state index >= 15 is 0 Å². The van der Waals surface area contributed by atoms with Crippen molar-refractivity contribution in [3.63, 3.8) is 0 Å². The minimum absolute atomic E-state index is 0.111. The Bertz CT molecular complexity index is 1420. The van der Waals surface area contributed by atoms with Crippen LogP contribution in [0.15, 0.2) is 88.4 Å². The molecule has 0 radical (unpaired) electrons. The number of nitrogens with zero attached hydrogens (tertiary/aromatic N) is 2. The summed E-state index contributed by atoms with van der Waals surface area (Å²) in [6.45, 7) is 3.12. The summed E-state index contributed by atoms with van der Waals surface area (Å²) in [5, 5.41) is 0. The number of hydrogen-bond donors (Lipinski definition) is 0. The quantitative estimate of drug-likeness (QED) is 0.354. The van der Waals surface area contributed by atoms with Crippen LogP contribution < -0.4 is 4.31 Å². The van der Waals surface area contributed by atoms with Crippen molar-refractivity contribution >= 4 is 33.0 Å². The predicted octanol–water partition coefficient (Wildman–Crippen LogP) is 5.24. The second-order valence-electron chi connectivity index (χ2n) is 8.24. The number of anilines is 1. The highest BCUT2D eigenvalue weighted by atomic mass is 32.2. The number of sulfonamides is 1. The maximum atomic E-state index is 13.6. The summed E-state index contributed by atoms with van der Waals surface area (Å²) in [7, 11) is -3.79. The minimum atomic E-state index is -3.79. The van der Waals surface area contributed by atoms with Crippen molar-refractivity contribution in [1.29, 1.82) is 0 Å². The maximum Gasteiger partial charge on any atom is 0.264 e. The summed E-state index contributed by atoms with van der Waals surface area (Å²) in [6.07, 6.45) is 2.25. The number of carbonyl (C=O) groups excluding carboxylic acids is 1. The number of amides is 1. The largest absolute Gasteiger partial charge is 0.467 e. The van der Waals surface area contributed by atoms with E-state index in [4.69, 9.17) is 4.42 Å². The van der Waals surface area contributed by atoms with Crippen molar-refractivity contribution in [1.82, 2.24) is 4.90 Å². The van der Waals surface area contributed by atoms with Crippen molar-refractivity contribution in [3.8, 4) is 0 Å². The third-order valence-corrected chi connectivity index (χ3v) is 8.66. The Balaban J connectivity index is 1.45. The average molecular weight is 493 g/mol. The van der Waals surface area contributed by atoms with Crippen LogP contribution in [0.5, 0.6) is 0 Å². The van der Waals surface area contributed by atoms with Gasteiger partial charge in [-0.3, -0.25) is 9.10 Å². The zero-order valence-electron chi connectivity index (χ0n) is 18.7. The summed E-state index contributed by atoms with van der Waals surface area (Å²) in [4.78, 5) is 17.6. The van der Waals surface area contributed by atoms with E-state index in [1.165, 1.54) is 15.2 Å². The van der Waals surface area contributed by atoms with Crippen LogP contribution in [0, 0.1) is 6.92 Å². The highest BCUT2D eigenvalue weighted by Gasteiger charge is 2.31. The van der Waals surface area contributed by atoms with Gasteiger partial charge in [0, 0.05) is 21.9 Å². The molecule has 1 aliphatic heterocycles. The van der Waals surface area contributed by atoms with Gasteiger partial charge in [0.2, 0.25) is 0 Å². The van der Waals surface area contributed by atoms with Crippen molar-refractivity contribution < 1.29 is 17.6 Å². The molecule has 0 saturated carbocycles. The van der Waals surface area contributed by atoms with E-state index in [0.29, 0.717) is 43.1 Å². The molecule has 0 bridgehead atoms. The molecule has 6 nitrogen and oxygen atoms in total. The zero-order chi connectivity index (χ0) is 23.7. The standard InChI is InChI=1S/C26H24N2O4S2/c1-19-11-12-23(33-19)18-27(17-22-8-5-15-32-22)26(29)21-7-4-9-24(16-21)34(30,31)28-14-13-20-6-2-3-10-25(20)28/h2-12,15-16H,13-14,17-18H2,1H3. The number of carbonyl (C=O) groups is 1. The first-order chi connectivity index (χ1) is 16.4. The van der Waals surface area contributed by atoms with E-state index in [9.17, 15) is 13.2 Å². The van der Waals surface area contributed by atoms with Crippen LogP contribution in [0.2, 0.25) is 0 Å². The average Bonchev–Trinajstić information content (AvgIpc) is 3.60. The summed E-state index contributed by atoms with van der Waals surface area (Å²) in [5.41, 5.74) is 2.04. The number of fused-ring (bicyclic) bond motifs is 1. The molecule has 0 atom stereocenters. The number of benzene rings is 2. The Morgan fingerprint density at radius 2 is 1.88 bits per heavy atom. The third kappa shape index (κ3) is 4.38. The molecule has 0 saturated heterocycles. The molecule has 1 amide bonds. The Labute approximate surface area is 203 Å². The van der Waals surface area contributed by atoms with Gasteiger partial charge >= 0.3 is 0 Å². The molecule has 34 heavy (non-hydrogen) atoms. The number of aryl methyl sites for hydroxylation is 1. The fraction of sp³-hybridized carbons (Fsp3) is 0.192. The van der Waals surface area contributed by atoms with Gasteiger partial charge in [0.25, 0.3) is 15.9 Å². The molecular weight excluding hydrogens is 468 g/mol. The van der Waals surface area contributed by atoms with Crippen LogP contribution in [-0.4, -0.2) is 25.8 Å². The van der Waals surface area contributed by atoms with Crippen LogP contribution in [0.1, 0.15) is 31.4 Å². The van der Waals surface area contributed by atoms with Crippen LogP contribution >= 0.6 is 11.3 Å². The Hall–Kier alpha value is -3.36. The lowest BCUT2D eigenvalue weighted by Crippen LogP contribution is -2.31. The fourth-order valence-corrected chi connectivity index (χ4v) is 6.66. The number of furan rings is 1. The first kappa shape index (κ1) is 22.4. The van der Waals surface area contributed by atoms with E-state index in [2.05, 4.69) is 0 Å². The lowest BCUT2D eigenvalue weighted by atomic mass is 10.2. The highest BCUT2D eigenvalue weighted by Crippen LogP contribution is 2.33. The second kappa shape index (κ2) is 9.12. The second-order valence-corrected chi connectivity index (χ2v) is 11.5. The van der Waals surface area contributed by atoms with Crippen molar-refractivity contribution in [3.05, 3.63) is 106 Å². The van der Waals surface area contributed by atoms with Crippen molar-refractivity contribution in [2.45, 2.75) is 31.3 Å². The van der Waals surface area contributed by atoms with Gasteiger partial charge < -0.3 is 9.32 Å². The summed E-state index contributed by atoms with van der Waals surface area (Å²) in [6, 6.07) is 21.5. The van der Waals surface area contributed by atoms with Gasteiger partial charge in [0.15, 0.2) is 0 Å². The third-order valence-electron chi connectivity index (χ3n) is 5.87. The molecule has 3 heterocycles. The van der Waals surface area contributed by atoms with Crippen molar-refractivity contribution in [2.24, 2.45) is 0 Å². The summed E-state index contributed by atoms with van der Waals surface area (Å²) < 4.78 is 33.9. The van der Waals surface area contributed by atoms with Gasteiger partial charge in [0.05, 0.1) is 29.9 Å². The number of para-hydroxylation sites is 1. The first-order valence-corrected chi connectivity index (χ1v) is 13.3. The normalized spacial score (nSPS) is 13.1. The van der Waals surface area contributed by atoms with E-state index in [0.717, 1.165) is 10.4 Å². The fourth-order valence-electron chi connectivity index (χ4n) is 4.21. The van der Waals surface area contributed by atoms with E-state index in [-0.39, 0.29) is 10.8 Å². The minimum Gasteiger partial charge on any atom is -0.467 e. The van der Waals surface area contributed by atoms with E-state index in [1.807, 2.05) is 49.4 Å². The molecule has 4 aromatic rings. The van der Waals surface area contributed by atoms with Crippen LogP contribution in [0.4, 0.5) is 5.69 Å². The van der Waals surface area contributed by atoms with Crippen LogP contribution in [0.3, 0.4) is 0 Å². The Morgan fingerprint density at radius 1 is 1.03 bits per heavy atom. The number of hydrogen-bond acceptors (Lipinski definition) is 5. The monoisotopic (exact) mass is 492 g/mol. The maximum absolute atomic E-state index is 13.6. The van der Waals surface area contributed by atoms with Gasteiger partial charge in [-0.05, 0) is 67.4 Å². The molecular formula is C26H24N2O4S2. The Kier molecular flexibility index (Phi) is 6.02. The van der Waals surface area contributed by atoms with E-state index < -0.39 is 10.0 Å². The number of thiophene rings is 1. The van der Waals surface area contributed by atoms with E-state index in [1.54, 1.807) is 46.8 Å². The molecule has 174 valence electrons. The first-order valence-electron chi connectivity index (χ1n) is 11.0. The van der Waals surface area contributed by atoms with Crippen LogP contribution in [0.25, 0.3) is 0 Å². The molecule has 2 aromatic carbocycles. The molecule has 0 N–H and O–H groups in total. The van der Waals surface area contributed by atoms with Gasteiger partial charge in [-0.15, -0.1) is 11.3 Å². The lowest BCUT2D eigenvalue weighted by Gasteiger charge is -2.23. The molecule has 0 fully saturated rings. The van der Waals surface area contributed by atoms with Gasteiger partial charge in [-0.25, -0.2) is 8.42 Å². The van der Waals surface area contributed by atoms with Gasteiger partial charge in [-0.2, -0.15) is 0 Å². The van der Waals surface area contributed by atoms with Gasteiger partial charge in [0.1, 0.15) is 5.76 Å². The van der Waals surface area contributed by atoms with Crippen molar-refractivity contribution in [2.75, 3.05) is 10.8 Å². The number of rotatable bonds is 7. The molecule has 5 rings (SSSR count). The summed E-state index contributed by atoms with van der Waals surface area (Å²) in [5.74, 6) is 0.417. The molecule has 0 unspecified atom stereocenters. The topological polar surface area (TPSA) is 70.8 Å². The van der Waals surface area contributed by atoms with Gasteiger partial charge in [-0.1, -0.05) is 24.3 Å². The molecule has 1 aliphatic rings. The molecule has 2 aromatic heterocycles. The molecule has 8 heteroatoms. The smallest absolute Gasteiger partial charge is 0.264 e. The lowest BCUT2D eigenvalue weighted by molar-refractivity contribution is 0.0719. The molecule has 0 aliphatic carbocycles. The predicted molar refractivity (Wildman–Crippen MR) is 132 cm³/mol. The SMILES string of the molecule is Cc1ccc(CN(Cc2ccco2)C(=O)c2cccc(S(=O)(=O)N3CCc4ccccc43)c2)s1. The molecule has 0 spiro atoms. The Morgan fingerprint density at radius 3 is 2.65 bits per heavy atom.